The molecule has 0 radical (unpaired) electrons. The molecule has 2 aliphatic heterocycles. The fourth-order valence-corrected chi connectivity index (χ4v) is 6.79. The number of carboxylic acids is 1. The Balaban J connectivity index is 1.32. The standard InChI is InChI=1S/C32H35ClN2O7/c33-25-16-22(37)10-8-19(25)14-20(26-6-3-4-12-34-26)9-11-27-29-21(17-36)15-23-30(24(29)18-42-27)32(41)35(31(23)40)13-5-1-2-7-28(38)39/h3-4,6,8,10,12,14,16,23-24,27,30,36-37H,1-2,5,7,9,11,13,15,17-18H2,(H,38,39)/b20-14-/t23-,24+,27-,30-/m1/s1. The lowest BCUT2D eigenvalue weighted by molar-refractivity contribution is -0.141. The van der Waals surface area contributed by atoms with Crippen molar-refractivity contribution < 1.29 is 34.4 Å². The maximum absolute atomic E-state index is 13.5. The summed E-state index contributed by atoms with van der Waals surface area (Å²) in [4.78, 5) is 43.4. The van der Waals surface area contributed by atoms with Crippen LogP contribution in [0.1, 0.15) is 56.2 Å². The molecule has 2 saturated heterocycles. The highest BCUT2D eigenvalue weighted by Crippen LogP contribution is 2.50. The lowest BCUT2D eigenvalue weighted by Crippen LogP contribution is -2.35. The van der Waals surface area contributed by atoms with Crippen molar-refractivity contribution in [1.29, 1.82) is 0 Å². The van der Waals surface area contributed by atoms with Crippen molar-refractivity contribution in [2.45, 2.75) is 51.0 Å². The second-order valence-corrected chi connectivity index (χ2v) is 11.6. The van der Waals surface area contributed by atoms with Gasteiger partial charge in [0.25, 0.3) is 0 Å². The second-order valence-electron chi connectivity index (χ2n) is 11.1. The van der Waals surface area contributed by atoms with Gasteiger partial charge in [0, 0.05) is 25.1 Å². The van der Waals surface area contributed by atoms with Crippen molar-refractivity contribution in [1.82, 2.24) is 9.88 Å². The molecule has 0 spiro atoms. The van der Waals surface area contributed by atoms with Gasteiger partial charge >= 0.3 is 5.97 Å². The number of aromatic hydroxyl groups is 1. The molecule has 10 heteroatoms. The fourth-order valence-electron chi connectivity index (χ4n) is 6.56. The predicted octanol–water partition coefficient (Wildman–Crippen LogP) is 4.72. The Hall–Kier alpha value is -3.53. The summed E-state index contributed by atoms with van der Waals surface area (Å²) < 4.78 is 6.26. The van der Waals surface area contributed by atoms with Crippen molar-refractivity contribution in [3.8, 4) is 5.75 Å². The van der Waals surface area contributed by atoms with Crippen LogP contribution < -0.4 is 0 Å². The van der Waals surface area contributed by atoms with Gasteiger partial charge in [0.15, 0.2) is 0 Å². The van der Waals surface area contributed by atoms with Crippen molar-refractivity contribution in [3.63, 3.8) is 0 Å². The number of rotatable bonds is 12. The number of unbranched alkanes of at least 4 members (excludes halogenated alkanes) is 2. The molecule has 9 nitrogen and oxygen atoms in total. The number of hydrogen-bond acceptors (Lipinski definition) is 7. The van der Waals surface area contributed by atoms with Crippen LogP contribution in [0.25, 0.3) is 11.6 Å². The van der Waals surface area contributed by atoms with E-state index in [1.165, 1.54) is 11.0 Å². The first-order valence-electron chi connectivity index (χ1n) is 14.4. The van der Waals surface area contributed by atoms with E-state index < -0.39 is 17.8 Å². The number of hydrogen-bond donors (Lipinski definition) is 3. The first-order chi connectivity index (χ1) is 20.3. The maximum atomic E-state index is 13.5. The van der Waals surface area contributed by atoms with Crippen LogP contribution in [0.4, 0.5) is 0 Å². The summed E-state index contributed by atoms with van der Waals surface area (Å²) in [6.45, 7) is 0.392. The molecule has 3 heterocycles. The highest BCUT2D eigenvalue weighted by molar-refractivity contribution is 6.32. The van der Waals surface area contributed by atoms with Crippen molar-refractivity contribution in [3.05, 3.63) is 70.0 Å². The van der Waals surface area contributed by atoms with E-state index in [0.29, 0.717) is 50.2 Å². The summed E-state index contributed by atoms with van der Waals surface area (Å²) in [5.41, 5.74) is 4.17. The third-order valence-corrected chi connectivity index (χ3v) is 8.87. The number of aliphatic carboxylic acids is 1. The number of pyridine rings is 1. The summed E-state index contributed by atoms with van der Waals surface area (Å²) in [6, 6.07) is 10.5. The van der Waals surface area contributed by atoms with Crippen LogP contribution in [-0.2, 0) is 19.1 Å². The van der Waals surface area contributed by atoms with Gasteiger partial charge < -0.3 is 20.1 Å². The zero-order valence-electron chi connectivity index (χ0n) is 23.2. The van der Waals surface area contributed by atoms with E-state index in [9.17, 15) is 24.6 Å². The van der Waals surface area contributed by atoms with Gasteiger partial charge in [0.2, 0.25) is 11.8 Å². The molecular formula is C32H35ClN2O7. The van der Waals surface area contributed by atoms with Gasteiger partial charge in [-0.05, 0) is 90.8 Å². The number of phenols is 1. The molecule has 5 rings (SSSR count). The SMILES string of the molecule is O=C(O)CCCCCN1C(=O)[C@@H]2[C@@H](CC(CO)=C3[C@@H](CC/C(=C/c4ccc(O)cc4Cl)c4ccccn4)OC[C@@H]32)C1=O. The lowest BCUT2D eigenvalue weighted by atomic mass is 9.69. The van der Waals surface area contributed by atoms with E-state index in [-0.39, 0.29) is 49.2 Å². The molecular weight excluding hydrogens is 560 g/mol. The predicted molar refractivity (Wildman–Crippen MR) is 156 cm³/mol. The summed E-state index contributed by atoms with van der Waals surface area (Å²) in [5, 5.41) is 29.3. The summed E-state index contributed by atoms with van der Waals surface area (Å²) in [6.07, 6.45) is 6.62. The Morgan fingerprint density at radius 3 is 2.64 bits per heavy atom. The minimum absolute atomic E-state index is 0.0697. The Labute approximate surface area is 249 Å². The van der Waals surface area contributed by atoms with Crippen LogP contribution in [0.2, 0.25) is 5.02 Å². The molecule has 4 atom stereocenters. The first kappa shape index (κ1) is 29.9. The highest BCUT2D eigenvalue weighted by Gasteiger charge is 2.56. The normalized spacial score (nSPS) is 23.9. The van der Waals surface area contributed by atoms with E-state index in [1.54, 1.807) is 18.3 Å². The number of ether oxygens (including phenoxy) is 1. The molecule has 0 unspecified atom stereocenters. The number of allylic oxidation sites excluding steroid dienone is 1. The van der Waals surface area contributed by atoms with E-state index >= 15 is 0 Å². The number of benzene rings is 1. The van der Waals surface area contributed by atoms with Gasteiger partial charge in [0.05, 0.1) is 41.9 Å². The molecule has 0 saturated carbocycles. The number of aliphatic hydroxyl groups is 1. The van der Waals surface area contributed by atoms with E-state index in [0.717, 1.165) is 28.0 Å². The van der Waals surface area contributed by atoms with Gasteiger partial charge in [-0.15, -0.1) is 0 Å². The molecule has 1 aromatic heterocycles. The Morgan fingerprint density at radius 1 is 1.10 bits per heavy atom. The first-order valence-corrected chi connectivity index (χ1v) is 14.8. The van der Waals surface area contributed by atoms with Gasteiger partial charge in [-0.1, -0.05) is 24.1 Å². The van der Waals surface area contributed by atoms with Crippen molar-refractivity contribution in [2.75, 3.05) is 19.8 Å². The molecule has 3 N–H and O–H groups in total. The Morgan fingerprint density at radius 2 is 1.93 bits per heavy atom. The lowest BCUT2D eigenvalue weighted by Gasteiger charge is -2.31. The van der Waals surface area contributed by atoms with Crippen molar-refractivity contribution in [2.24, 2.45) is 17.8 Å². The van der Waals surface area contributed by atoms with Crippen LogP contribution >= 0.6 is 11.6 Å². The molecule has 1 aromatic carbocycles. The third kappa shape index (κ3) is 6.28. The number of carbonyl (C=O) groups excluding carboxylic acids is 2. The molecule has 222 valence electrons. The average Bonchev–Trinajstić information content (AvgIpc) is 3.50. The number of aliphatic hydroxyl groups excluding tert-OH is 1. The monoisotopic (exact) mass is 594 g/mol. The van der Waals surface area contributed by atoms with Gasteiger partial charge in [0.1, 0.15) is 5.75 Å². The number of imide groups is 1. The summed E-state index contributed by atoms with van der Waals surface area (Å²) in [7, 11) is 0. The number of amides is 2. The van der Waals surface area contributed by atoms with Gasteiger partial charge in [-0.2, -0.15) is 0 Å². The molecule has 3 aliphatic rings. The number of carboxylic acid groups (broad SMARTS) is 1. The number of carbonyl (C=O) groups is 3. The molecule has 2 amide bonds. The zero-order chi connectivity index (χ0) is 29.8. The van der Waals surface area contributed by atoms with E-state index in [4.69, 9.17) is 21.4 Å². The topological polar surface area (TPSA) is 137 Å². The van der Waals surface area contributed by atoms with Crippen LogP contribution in [0.3, 0.4) is 0 Å². The summed E-state index contributed by atoms with van der Waals surface area (Å²) in [5.74, 6) is -2.45. The zero-order valence-corrected chi connectivity index (χ0v) is 24.0. The minimum atomic E-state index is -0.855. The maximum Gasteiger partial charge on any atom is 0.303 e. The highest BCUT2D eigenvalue weighted by atomic mass is 35.5. The average molecular weight is 595 g/mol. The smallest absolute Gasteiger partial charge is 0.303 e. The van der Waals surface area contributed by atoms with Crippen molar-refractivity contribution >= 4 is 41.0 Å². The van der Waals surface area contributed by atoms with E-state index in [2.05, 4.69) is 4.98 Å². The van der Waals surface area contributed by atoms with Crippen LogP contribution in [-0.4, -0.2) is 68.8 Å². The Bertz CT molecular complexity index is 1410. The molecule has 2 aromatic rings. The van der Waals surface area contributed by atoms with Gasteiger partial charge in [-0.3, -0.25) is 24.3 Å². The molecule has 1 aliphatic carbocycles. The number of fused-ring (bicyclic) bond motifs is 3. The molecule has 2 fully saturated rings. The Kier molecular flexibility index (Phi) is 9.40. The summed E-state index contributed by atoms with van der Waals surface area (Å²) >= 11 is 6.39. The fraction of sp³-hybridized carbons (Fsp3) is 0.438. The number of nitrogens with zero attached hydrogens (tertiary/aromatic N) is 2. The van der Waals surface area contributed by atoms with Crippen LogP contribution in [0, 0.1) is 17.8 Å². The minimum Gasteiger partial charge on any atom is -0.508 e. The number of aromatic nitrogens is 1. The molecule has 0 bridgehead atoms. The van der Waals surface area contributed by atoms with E-state index in [1.807, 2.05) is 24.3 Å². The molecule has 42 heavy (non-hydrogen) atoms. The third-order valence-electron chi connectivity index (χ3n) is 8.55. The number of likely N-dealkylation sites (tertiary alicyclic amines) is 1. The number of phenolic OH excluding ortho intramolecular Hbond substituents is 1. The number of halogens is 1. The second kappa shape index (κ2) is 13.2. The van der Waals surface area contributed by atoms with Crippen LogP contribution in [0.15, 0.2) is 53.7 Å². The quantitative estimate of drug-likeness (QED) is 0.182. The largest absolute Gasteiger partial charge is 0.508 e. The van der Waals surface area contributed by atoms with Gasteiger partial charge in [-0.25, -0.2) is 0 Å². The van der Waals surface area contributed by atoms with Crippen LogP contribution in [0.5, 0.6) is 5.75 Å².